The van der Waals surface area contributed by atoms with E-state index in [1.807, 2.05) is 6.92 Å². The molecule has 2 aliphatic heterocycles. The van der Waals surface area contributed by atoms with Crippen LogP contribution in [0.1, 0.15) is 13.3 Å². The van der Waals surface area contributed by atoms with E-state index in [1.165, 1.54) is 0 Å². The Kier molecular flexibility index (Phi) is 4.01. The number of nitrogens with one attached hydrogen (secondary N) is 1. The number of fused-ring (bicyclic) bond motifs is 1. The summed E-state index contributed by atoms with van der Waals surface area (Å²) in [6.45, 7) is 3.33. The molecule has 2 atom stereocenters. The lowest BCUT2D eigenvalue weighted by Gasteiger charge is -2.20. The molecule has 7 heteroatoms. The van der Waals surface area contributed by atoms with Gasteiger partial charge < -0.3 is 19.7 Å². The van der Waals surface area contributed by atoms with Crippen LogP contribution in [0.5, 0.6) is 11.5 Å². The van der Waals surface area contributed by atoms with Crippen molar-refractivity contribution in [3.8, 4) is 11.5 Å². The average molecular weight is 310 g/mol. The lowest BCUT2D eigenvalue weighted by Crippen LogP contribution is -2.36. The fourth-order valence-corrected chi connectivity index (χ4v) is 3.53. The standard InChI is InChI=1S/C14H18N2O4S/c1-10-4-5-16(6-7-21(10)18)14(17)15-11-2-3-12-13(8-11)20-9-19-12/h2-3,8,10H,4-7,9H2,1H3,(H,15,17)/t10-,21+/m1/s1. The summed E-state index contributed by atoms with van der Waals surface area (Å²) >= 11 is 0. The number of amides is 2. The fourth-order valence-electron chi connectivity index (χ4n) is 2.36. The van der Waals surface area contributed by atoms with E-state index in [-0.39, 0.29) is 18.1 Å². The number of anilines is 1. The highest BCUT2D eigenvalue weighted by Gasteiger charge is 2.23. The van der Waals surface area contributed by atoms with Crippen molar-refractivity contribution in [3.05, 3.63) is 18.2 Å². The van der Waals surface area contributed by atoms with E-state index in [2.05, 4.69) is 5.32 Å². The van der Waals surface area contributed by atoms with Crippen molar-refractivity contribution in [1.82, 2.24) is 4.90 Å². The van der Waals surface area contributed by atoms with E-state index in [0.717, 1.165) is 6.42 Å². The van der Waals surface area contributed by atoms with Crippen molar-refractivity contribution in [2.24, 2.45) is 0 Å². The van der Waals surface area contributed by atoms with E-state index < -0.39 is 10.8 Å². The summed E-state index contributed by atoms with van der Waals surface area (Å²) in [6.07, 6.45) is 0.765. The zero-order valence-electron chi connectivity index (χ0n) is 11.8. The molecule has 114 valence electrons. The Labute approximate surface area is 125 Å². The molecular formula is C14H18N2O4S. The highest BCUT2D eigenvalue weighted by atomic mass is 32.2. The monoisotopic (exact) mass is 310 g/mol. The minimum absolute atomic E-state index is 0.147. The molecule has 0 unspecified atom stereocenters. The average Bonchev–Trinajstić information content (AvgIpc) is 2.87. The van der Waals surface area contributed by atoms with E-state index in [9.17, 15) is 9.00 Å². The molecule has 1 fully saturated rings. The van der Waals surface area contributed by atoms with Gasteiger partial charge in [-0.3, -0.25) is 4.21 Å². The molecule has 0 aromatic heterocycles. The highest BCUT2D eigenvalue weighted by molar-refractivity contribution is 7.85. The Balaban J connectivity index is 1.64. The first-order valence-corrected chi connectivity index (χ1v) is 8.34. The predicted octanol–water partition coefficient (Wildman–Crippen LogP) is 1.79. The second-order valence-electron chi connectivity index (χ2n) is 5.17. The third kappa shape index (κ3) is 3.12. The Morgan fingerprint density at radius 2 is 2.14 bits per heavy atom. The first-order valence-electron chi connectivity index (χ1n) is 6.96. The largest absolute Gasteiger partial charge is 0.454 e. The lowest BCUT2D eigenvalue weighted by atomic mass is 10.3. The maximum Gasteiger partial charge on any atom is 0.321 e. The quantitative estimate of drug-likeness (QED) is 0.859. The predicted molar refractivity (Wildman–Crippen MR) is 80.2 cm³/mol. The highest BCUT2D eigenvalue weighted by Crippen LogP contribution is 2.34. The maximum absolute atomic E-state index is 12.3. The molecule has 0 spiro atoms. The van der Waals surface area contributed by atoms with Crippen molar-refractivity contribution >= 4 is 22.5 Å². The minimum Gasteiger partial charge on any atom is -0.454 e. The molecule has 1 saturated heterocycles. The van der Waals surface area contributed by atoms with Crippen LogP contribution in [0.4, 0.5) is 10.5 Å². The first kappa shape index (κ1) is 14.2. The molecule has 1 N–H and O–H groups in total. The van der Waals surface area contributed by atoms with Gasteiger partial charge in [-0.2, -0.15) is 0 Å². The fraction of sp³-hybridized carbons (Fsp3) is 0.500. The van der Waals surface area contributed by atoms with E-state index in [1.54, 1.807) is 23.1 Å². The number of nitrogens with zero attached hydrogens (tertiary/aromatic N) is 1. The van der Waals surface area contributed by atoms with Gasteiger partial charge >= 0.3 is 6.03 Å². The topological polar surface area (TPSA) is 67.9 Å². The van der Waals surface area contributed by atoms with Gasteiger partial charge in [0, 0.05) is 46.6 Å². The normalized spacial score (nSPS) is 24.5. The van der Waals surface area contributed by atoms with Crippen LogP contribution in [-0.4, -0.2) is 46.0 Å². The molecule has 2 heterocycles. The van der Waals surface area contributed by atoms with Crippen molar-refractivity contribution < 1.29 is 18.5 Å². The van der Waals surface area contributed by atoms with Gasteiger partial charge in [0.1, 0.15) is 0 Å². The third-order valence-electron chi connectivity index (χ3n) is 3.73. The van der Waals surface area contributed by atoms with Gasteiger partial charge in [0.2, 0.25) is 6.79 Å². The number of benzene rings is 1. The van der Waals surface area contributed by atoms with Crippen LogP contribution in [0, 0.1) is 0 Å². The van der Waals surface area contributed by atoms with E-state index in [4.69, 9.17) is 9.47 Å². The van der Waals surface area contributed by atoms with Crippen LogP contribution in [0.3, 0.4) is 0 Å². The number of ether oxygens (including phenoxy) is 2. The Hall–Kier alpha value is -1.76. The van der Waals surface area contributed by atoms with Gasteiger partial charge in [-0.1, -0.05) is 6.92 Å². The Bertz CT molecular complexity index is 578. The zero-order valence-corrected chi connectivity index (χ0v) is 12.6. The van der Waals surface area contributed by atoms with Gasteiger partial charge in [0.15, 0.2) is 11.5 Å². The van der Waals surface area contributed by atoms with Crippen LogP contribution >= 0.6 is 0 Å². The summed E-state index contributed by atoms with van der Waals surface area (Å²) in [4.78, 5) is 14.0. The second-order valence-corrected chi connectivity index (χ2v) is 7.14. The molecule has 6 nitrogen and oxygen atoms in total. The van der Waals surface area contributed by atoms with Crippen LogP contribution in [0.25, 0.3) is 0 Å². The first-order chi connectivity index (χ1) is 10.1. The van der Waals surface area contributed by atoms with E-state index in [0.29, 0.717) is 36.0 Å². The van der Waals surface area contributed by atoms with Crippen LogP contribution in [0.15, 0.2) is 18.2 Å². The van der Waals surface area contributed by atoms with Crippen LogP contribution < -0.4 is 14.8 Å². The molecular weight excluding hydrogens is 292 g/mol. The number of urea groups is 1. The smallest absolute Gasteiger partial charge is 0.321 e. The number of hydrogen-bond acceptors (Lipinski definition) is 4. The summed E-state index contributed by atoms with van der Waals surface area (Å²) in [7, 11) is -0.844. The molecule has 21 heavy (non-hydrogen) atoms. The van der Waals surface area contributed by atoms with Gasteiger partial charge in [-0.15, -0.1) is 0 Å². The molecule has 0 saturated carbocycles. The number of hydrogen-bond donors (Lipinski definition) is 1. The minimum atomic E-state index is -0.844. The van der Waals surface area contributed by atoms with Crippen molar-refractivity contribution in [3.63, 3.8) is 0 Å². The van der Waals surface area contributed by atoms with Crippen LogP contribution in [-0.2, 0) is 10.8 Å². The molecule has 0 radical (unpaired) electrons. The van der Waals surface area contributed by atoms with Gasteiger partial charge in [-0.25, -0.2) is 4.79 Å². The summed E-state index contributed by atoms with van der Waals surface area (Å²) in [5.41, 5.74) is 0.669. The number of rotatable bonds is 1. The maximum atomic E-state index is 12.3. The van der Waals surface area contributed by atoms with Gasteiger partial charge in [0.05, 0.1) is 0 Å². The summed E-state index contributed by atoms with van der Waals surface area (Å²) in [5, 5.41) is 3.00. The summed E-state index contributed by atoms with van der Waals surface area (Å²) in [5.74, 6) is 1.86. The molecule has 1 aromatic rings. The zero-order chi connectivity index (χ0) is 14.8. The SMILES string of the molecule is C[C@@H]1CCN(C(=O)Nc2ccc3c(c2)OCO3)CC[S@@]1=O. The molecule has 0 bridgehead atoms. The molecule has 3 rings (SSSR count). The van der Waals surface area contributed by atoms with Crippen molar-refractivity contribution in [1.29, 1.82) is 0 Å². The third-order valence-corrected chi connectivity index (χ3v) is 5.45. The Morgan fingerprint density at radius 1 is 1.33 bits per heavy atom. The summed E-state index contributed by atoms with van der Waals surface area (Å²) in [6, 6.07) is 5.14. The molecule has 2 aliphatic rings. The van der Waals surface area contributed by atoms with Gasteiger partial charge in [-0.05, 0) is 18.6 Å². The van der Waals surface area contributed by atoms with Crippen molar-refractivity contribution in [2.45, 2.75) is 18.6 Å². The number of carbonyl (C=O) groups is 1. The summed E-state index contributed by atoms with van der Waals surface area (Å²) < 4.78 is 22.3. The lowest BCUT2D eigenvalue weighted by molar-refractivity contribution is 0.174. The molecule has 1 aromatic carbocycles. The van der Waals surface area contributed by atoms with Crippen molar-refractivity contribution in [2.75, 3.05) is 31.0 Å². The molecule has 2 amide bonds. The molecule has 0 aliphatic carbocycles. The van der Waals surface area contributed by atoms with Crippen LogP contribution in [0.2, 0.25) is 0 Å². The van der Waals surface area contributed by atoms with E-state index >= 15 is 0 Å². The number of carbonyl (C=O) groups excluding carboxylic acids is 1. The van der Waals surface area contributed by atoms with Gasteiger partial charge in [0.25, 0.3) is 0 Å². The second kappa shape index (κ2) is 5.93. The Morgan fingerprint density at radius 3 is 3.00 bits per heavy atom.